The van der Waals surface area contributed by atoms with Crippen molar-refractivity contribution in [2.24, 2.45) is 7.05 Å². The maximum atomic E-state index is 11.6. The molecule has 4 nitrogen and oxygen atoms in total. The Bertz CT molecular complexity index is 871. The summed E-state index contributed by atoms with van der Waals surface area (Å²) in [6.45, 7) is 0. The molecule has 0 spiro atoms. The van der Waals surface area contributed by atoms with Crippen LogP contribution in [0.3, 0.4) is 0 Å². The van der Waals surface area contributed by atoms with E-state index < -0.39 is 0 Å². The molecule has 0 bridgehead atoms. The van der Waals surface area contributed by atoms with Crippen LogP contribution in [0.2, 0.25) is 5.02 Å². The number of carbonyl (C=O) groups excluding carboxylic acids is 1. The fourth-order valence-corrected chi connectivity index (χ4v) is 3.17. The predicted octanol–water partition coefficient (Wildman–Crippen LogP) is 4.23. The number of methoxy groups -OCH3 is 1. The zero-order valence-corrected chi connectivity index (χ0v) is 14.9. The first kappa shape index (κ1) is 17.2. The molecule has 0 saturated carbocycles. The minimum Gasteiger partial charge on any atom is -0.465 e. The standard InChI is InChI=1S/C20H19ClN2O2/c1-23-19(10-11-22-23)18(16-4-3-5-17(21)13-16)12-14-6-8-15(9-7-14)20(24)25-2/h3-11,13,18H,12H2,1-2H3. The van der Waals surface area contributed by atoms with E-state index in [-0.39, 0.29) is 11.9 Å². The van der Waals surface area contributed by atoms with E-state index in [0.717, 1.165) is 23.2 Å². The summed E-state index contributed by atoms with van der Waals surface area (Å²) < 4.78 is 6.63. The first-order valence-corrected chi connectivity index (χ1v) is 8.37. The highest BCUT2D eigenvalue weighted by molar-refractivity contribution is 6.30. The van der Waals surface area contributed by atoms with Crippen molar-refractivity contribution < 1.29 is 9.53 Å². The third-order valence-corrected chi connectivity index (χ3v) is 4.52. The Balaban J connectivity index is 1.93. The van der Waals surface area contributed by atoms with E-state index in [9.17, 15) is 4.79 Å². The highest BCUT2D eigenvalue weighted by atomic mass is 35.5. The number of halogens is 1. The maximum absolute atomic E-state index is 11.6. The van der Waals surface area contributed by atoms with Crippen molar-refractivity contribution in [3.05, 3.63) is 88.2 Å². The molecule has 0 amide bonds. The minimum atomic E-state index is -0.329. The normalized spacial score (nSPS) is 12.0. The summed E-state index contributed by atoms with van der Waals surface area (Å²) in [5.41, 5.74) is 3.91. The summed E-state index contributed by atoms with van der Waals surface area (Å²) in [6.07, 6.45) is 2.58. The number of esters is 1. The van der Waals surface area contributed by atoms with E-state index in [2.05, 4.69) is 11.2 Å². The molecule has 0 aliphatic carbocycles. The summed E-state index contributed by atoms with van der Waals surface area (Å²) in [4.78, 5) is 11.6. The van der Waals surface area contributed by atoms with Gasteiger partial charge in [-0.15, -0.1) is 0 Å². The SMILES string of the molecule is COC(=O)c1ccc(CC(c2cccc(Cl)c2)c2ccnn2C)cc1. The third kappa shape index (κ3) is 3.91. The molecule has 1 unspecified atom stereocenters. The van der Waals surface area contributed by atoms with Gasteiger partial charge in [0.2, 0.25) is 0 Å². The largest absolute Gasteiger partial charge is 0.465 e. The van der Waals surface area contributed by atoms with Crippen LogP contribution < -0.4 is 0 Å². The zero-order chi connectivity index (χ0) is 17.8. The Kier molecular flexibility index (Phi) is 5.19. The second kappa shape index (κ2) is 7.53. The fraction of sp³-hybridized carbons (Fsp3) is 0.200. The molecule has 0 aliphatic rings. The van der Waals surface area contributed by atoms with Crippen LogP contribution in [0.15, 0.2) is 60.8 Å². The van der Waals surface area contributed by atoms with Crippen LogP contribution >= 0.6 is 11.6 Å². The van der Waals surface area contributed by atoms with Crippen molar-refractivity contribution in [3.8, 4) is 0 Å². The molecular formula is C20H19ClN2O2. The lowest BCUT2D eigenvalue weighted by atomic mass is 9.89. The van der Waals surface area contributed by atoms with Crippen LogP contribution in [0.5, 0.6) is 0 Å². The quantitative estimate of drug-likeness (QED) is 0.644. The highest BCUT2D eigenvalue weighted by Gasteiger charge is 2.19. The number of ether oxygens (including phenoxy) is 1. The van der Waals surface area contributed by atoms with Gasteiger partial charge in [0.25, 0.3) is 0 Å². The molecule has 0 fully saturated rings. The molecule has 1 heterocycles. The lowest BCUT2D eigenvalue weighted by Crippen LogP contribution is -2.10. The second-order valence-electron chi connectivity index (χ2n) is 5.88. The number of rotatable bonds is 5. The summed E-state index contributed by atoms with van der Waals surface area (Å²) in [7, 11) is 3.32. The number of carbonyl (C=O) groups is 1. The van der Waals surface area contributed by atoms with Crippen LogP contribution in [0, 0.1) is 0 Å². The summed E-state index contributed by atoms with van der Waals surface area (Å²) in [5, 5.41) is 5.01. The Morgan fingerprint density at radius 2 is 1.96 bits per heavy atom. The van der Waals surface area contributed by atoms with Gasteiger partial charge in [-0.2, -0.15) is 5.10 Å². The highest BCUT2D eigenvalue weighted by Crippen LogP contribution is 2.30. The van der Waals surface area contributed by atoms with Crippen molar-refractivity contribution in [1.29, 1.82) is 0 Å². The van der Waals surface area contributed by atoms with Crippen LogP contribution in [-0.2, 0) is 18.2 Å². The molecule has 0 aliphatic heterocycles. The molecule has 1 atom stereocenters. The molecule has 1 aromatic heterocycles. The number of benzene rings is 2. The Labute approximate surface area is 152 Å². The van der Waals surface area contributed by atoms with Crippen molar-refractivity contribution >= 4 is 17.6 Å². The van der Waals surface area contributed by atoms with Gasteiger partial charge in [0.15, 0.2) is 0 Å². The van der Waals surface area contributed by atoms with Crippen molar-refractivity contribution in [3.63, 3.8) is 0 Å². The lowest BCUT2D eigenvalue weighted by Gasteiger charge is -2.18. The van der Waals surface area contributed by atoms with Crippen molar-refractivity contribution in [2.45, 2.75) is 12.3 Å². The monoisotopic (exact) mass is 354 g/mol. The van der Waals surface area contributed by atoms with Crippen LogP contribution in [-0.4, -0.2) is 22.9 Å². The summed E-state index contributed by atoms with van der Waals surface area (Å²) in [5.74, 6) is -0.209. The van der Waals surface area contributed by atoms with Crippen LogP contribution in [0.1, 0.15) is 33.1 Å². The topological polar surface area (TPSA) is 44.1 Å². The summed E-state index contributed by atoms with van der Waals surface area (Å²) >= 11 is 6.19. The molecule has 5 heteroatoms. The number of aryl methyl sites for hydroxylation is 1. The zero-order valence-electron chi connectivity index (χ0n) is 14.1. The number of hydrogen-bond donors (Lipinski definition) is 0. The van der Waals surface area contributed by atoms with Gasteiger partial charge < -0.3 is 4.74 Å². The van der Waals surface area contributed by atoms with Gasteiger partial charge in [-0.3, -0.25) is 4.68 Å². The Morgan fingerprint density at radius 1 is 1.20 bits per heavy atom. The van der Waals surface area contributed by atoms with E-state index in [0.29, 0.717) is 10.6 Å². The molecule has 25 heavy (non-hydrogen) atoms. The molecule has 0 radical (unpaired) electrons. The van der Waals surface area contributed by atoms with Gasteiger partial charge in [-0.25, -0.2) is 4.79 Å². The average molecular weight is 355 g/mol. The predicted molar refractivity (Wildman–Crippen MR) is 98.0 cm³/mol. The Morgan fingerprint density at radius 3 is 2.56 bits per heavy atom. The average Bonchev–Trinajstić information content (AvgIpc) is 3.05. The van der Waals surface area contributed by atoms with E-state index in [4.69, 9.17) is 16.3 Å². The van der Waals surface area contributed by atoms with Gasteiger partial charge in [0.1, 0.15) is 0 Å². The molecule has 128 valence electrons. The first-order chi connectivity index (χ1) is 12.1. The van der Waals surface area contributed by atoms with Crippen molar-refractivity contribution in [1.82, 2.24) is 9.78 Å². The molecule has 2 aromatic carbocycles. The lowest BCUT2D eigenvalue weighted by molar-refractivity contribution is 0.0600. The van der Waals surface area contributed by atoms with Gasteiger partial charge in [0.05, 0.1) is 12.7 Å². The number of aromatic nitrogens is 2. The van der Waals surface area contributed by atoms with Crippen LogP contribution in [0.25, 0.3) is 0 Å². The van der Waals surface area contributed by atoms with Gasteiger partial charge in [-0.05, 0) is 47.9 Å². The Hall–Kier alpha value is -2.59. The third-order valence-electron chi connectivity index (χ3n) is 4.28. The first-order valence-electron chi connectivity index (χ1n) is 7.99. The van der Waals surface area contributed by atoms with E-state index in [1.165, 1.54) is 7.11 Å². The van der Waals surface area contributed by atoms with E-state index >= 15 is 0 Å². The molecule has 0 saturated heterocycles. The molecule has 3 rings (SSSR count). The minimum absolute atomic E-state index is 0.121. The van der Waals surface area contributed by atoms with Gasteiger partial charge in [0, 0.05) is 29.9 Å². The number of hydrogen-bond acceptors (Lipinski definition) is 3. The molecular weight excluding hydrogens is 336 g/mol. The second-order valence-corrected chi connectivity index (χ2v) is 6.32. The summed E-state index contributed by atoms with van der Waals surface area (Å²) in [6, 6.07) is 17.4. The van der Waals surface area contributed by atoms with Gasteiger partial charge in [-0.1, -0.05) is 35.9 Å². The maximum Gasteiger partial charge on any atom is 0.337 e. The number of nitrogens with zero attached hydrogens (tertiary/aromatic N) is 2. The van der Waals surface area contributed by atoms with Crippen molar-refractivity contribution in [2.75, 3.05) is 7.11 Å². The molecule has 3 aromatic rings. The van der Waals surface area contributed by atoms with E-state index in [1.807, 2.05) is 48.1 Å². The van der Waals surface area contributed by atoms with E-state index in [1.54, 1.807) is 18.3 Å². The molecule has 0 N–H and O–H groups in total. The van der Waals surface area contributed by atoms with Gasteiger partial charge >= 0.3 is 5.97 Å². The smallest absolute Gasteiger partial charge is 0.337 e. The fourth-order valence-electron chi connectivity index (χ4n) is 2.97. The van der Waals surface area contributed by atoms with Crippen LogP contribution in [0.4, 0.5) is 0 Å².